The van der Waals surface area contributed by atoms with Crippen LogP contribution in [0.3, 0.4) is 0 Å². The van der Waals surface area contributed by atoms with Crippen molar-refractivity contribution in [3.63, 3.8) is 0 Å². The molecule has 0 saturated heterocycles. The number of nitriles is 1. The van der Waals surface area contributed by atoms with Crippen molar-refractivity contribution < 1.29 is 4.79 Å². The van der Waals surface area contributed by atoms with Gasteiger partial charge in [-0.2, -0.15) is 5.26 Å². The van der Waals surface area contributed by atoms with Crippen molar-refractivity contribution in [2.75, 3.05) is 5.32 Å². The summed E-state index contributed by atoms with van der Waals surface area (Å²) in [6.07, 6.45) is 5.08. The summed E-state index contributed by atoms with van der Waals surface area (Å²) in [4.78, 5) is 12.4. The monoisotopic (exact) mass is 343 g/mol. The molecular weight excluding hydrogens is 322 g/mol. The number of benzene rings is 1. The maximum atomic E-state index is 12.4. The molecule has 1 amide bonds. The molecule has 0 aliphatic heterocycles. The molecule has 0 radical (unpaired) electrons. The Morgan fingerprint density at radius 1 is 1.42 bits per heavy atom. The van der Waals surface area contributed by atoms with Crippen LogP contribution >= 0.6 is 11.8 Å². The Labute approximate surface area is 146 Å². The van der Waals surface area contributed by atoms with E-state index >= 15 is 0 Å². The lowest BCUT2D eigenvalue weighted by Crippen LogP contribution is -2.23. The zero-order valence-electron chi connectivity index (χ0n) is 13.9. The quantitative estimate of drug-likeness (QED) is 0.586. The smallest absolute Gasteiger partial charge is 0.237 e. The van der Waals surface area contributed by atoms with Crippen LogP contribution in [-0.4, -0.2) is 25.9 Å². The van der Waals surface area contributed by atoms with Crippen molar-refractivity contribution in [2.45, 2.75) is 50.1 Å². The van der Waals surface area contributed by atoms with Crippen molar-refractivity contribution in [1.82, 2.24) is 14.8 Å². The number of nitrogens with one attached hydrogen (secondary N) is 1. The molecular formula is C17H21N5OS. The predicted molar refractivity (Wildman–Crippen MR) is 94.7 cm³/mol. The molecule has 0 fully saturated rings. The minimum absolute atomic E-state index is 0.161. The number of amides is 1. The number of thioether (sulfide) groups is 1. The predicted octanol–water partition coefficient (Wildman–Crippen LogP) is 3.46. The number of anilines is 1. The van der Waals surface area contributed by atoms with Gasteiger partial charge in [0.2, 0.25) is 5.91 Å². The first kappa shape index (κ1) is 18.0. The first-order chi connectivity index (χ1) is 11.7. The van der Waals surface area contributed by atoms with E-state index in [2.05, 4.69) is 28.5 Å². The van der Waals surface area contributed by atoms with Gasteiger partial charge in [0.1, 0.15) is 12.4 Å². The topological polar surface area (TPSA) is 83.6 Å². The number of unbranched alkanes of at least 4 members (excludes halogenated alkanes) is 2. The van der Waals surface area contributed by atoms with E-state index in [0.717, 1.165) is 31.0 Å². The maximum Gasteiger partial charge on any atom is 0.237 e. The summed E-state index contributed by atoms with van der Waals surface area (Å²) in [5.41, 5.74) is 0.979. The molecule has 1 N–H and O–H groups in total. The normalized spacial score (nSPS) is 11.7. The standard InChI is InChI=1S/C17H21N5OS/c1-3-4-7-10-22-12-19-21-17(22)24-13(2)16(23)20-15-9-6-5-8-14(15)11-18/h5-6,8-9,12-13H,3-4,7,10H2,1-2H3,(H,20,23)/t13-/m1/s1. The van der Waals surface area contributed by atoms with Gasteiger partial charge in [-0.1, -0.05) is 43.7 Å². The lowest BCUT2D eigenvalue weighted by Gasteiger charge is -2.13. The van der Waals surface area contributed by atoms with Crippen molar-refractivity contribution in [1.29, 1.82) is 5.26 Å². The molecule has 24 heavy (non-hydrogen) atoms. The summed E-state index contributed by atoms with van der Waals surface area (Å²) < 4.78 is 1.98. The number of nitrogens with zero attached hydrogens (tertiary/aromatic N) is 4. The molecule has 0 aliphatic carbocycles. The third kappa shape index (κ3) is 4.83. The summed E-state index contributed by atoms with van der Waals surface area (Å²) in [6.45, 7) is 4.84. The van der Waals surface area contributed by atoms with Gasteiger partial charge in [0.05, 0.1) is 16.5 Å². The number of hydrogen-bond donors (Lipinski definition) is 1. The second-order valence-corrected chi connectivity index (χ2v) is 6.73. The Morgan fingerprint density at radius 3 is 2.96 bits per heavy atom. The molecule has 2 aromatic rings. The molecule has 2 rings (SSSR count). The van der Waals surface area contributed by atoms with Gasteiger partial charge in [0.25, 0.3) is 0 Å². The third-order valence-corrected chi connectivity index (χ3v) is 4.63. The second kappa shape index (κ2) is 9.08. The van der Waals surface area contributed by atoms with E-state index in [1.165, 1.54) is 11.8 Å². The van der Waals surface area contributed by atoms with Gasteiger partial charge in [0.15, 0.2) is 5.16 Å². The largest absolute Gasteiger partial charge is 0.324 e. The van der Waals surface area contributed by atoms with Gasteiger partial charge in [0, 0.05) is 6.54 Å². The highest BCUT2D eigenvalue weighted by atomic mass is 32.2. The lowest BCUT2D eigenvalue weighted by atomic mass is 10.2. The molecule has 6 nitrogen and oxygen atoms in total. The first-order valence-electron chi connectivity index (χ1n) is 8.00. The fraction of sp³-hybridized carbons (Fsp3) is 0.412. The summed E-state index contributed by atoms with van der Waals surface area (Å²) in [5, 5.41) is 20.3. The molecule has 1 heterocycles. The molecule has 1 aromatic carbocycles. The van der Waals surface area contributed by atoms with Crippen molar-refractivity contribution in [3.8, 4) is 6.07 Å². The number of aryl methyl sites for hydroxylation is 1. The van der Waals surface area contributed by atoms with E-state index < -0.39 is 0 Å². The molecule has 0 saturated carbocycles. The fourth-order valence-corrected chi connectivity index (χ4v) is 3.01. The van der Waals surface area contributed by atoms with E-state index in [4.69, 9.17) is 5.26 Å². The zero-order valence-corrected chi connectivity index (χ0v) is 14.7. The SMILES string of the molecule is CCCCCn1cnnc1S[C@H](C)C(=O)Nc1ccccc1C#N. The zero-order chi connectivity index (χ0) is 17.4. The van der Waals surface area contributed by atoms with Gasteiger partial charge in [-0.15, -0.1) is 10.2 Å². The highest BCUT2D eigenvalue weighted by Crippen LogP contribution is 2.23. The van der Waals surface area contributed by atoms with Gasteiger partial charge in [-0.25, -0.2) is 0 Å². The van der Waals surface area contributed by atoms with Crippen LogP contribution in [0.25, 0.3) is 0 Å². The van der Waals surface area contributed by atoms with E-state index in [-0.39, 0.29) is 11.2 Å². The Morgan fingerprint density at radius 2 is 2.21 bits per heavy atom. The Kier molecular flexibility index (Phi) is 6.82. The molecule has 1 aromatic heterocycles. The van der Waals surface area contributed by atoms with E-state index in [1.807, 2.05) is 11.5 Å². The highest BCUT2D eigenvalue weighted by molar-refractivity contribution is 8.00. The second-order valence-electron chi connectivity index (χ2n) is 5.42. The van der Waals surface area contributed by atoms with E-state index in [1.54, 1.807) is 30.6 Å². The fourth-order valence-electron chi connectivity index (χ4n) is 2.16. The van der Waals surface area contributed by atoms with Gasteiger partial charge < -0.3 is 9.88 Å². The summed E-state index contributed by atoms with van der Waals surface area (Å²) in [7, 11) is 0. The van der Waals surface area contributed by atoms with Crippen molar-refractivity contribution in [3.05, 3.63) is 36.2 Å². The number of aromatic nitrogens is 3. The van der Waals surface area contributed by atoms with Gasteiger partial charge >= 0.3 is 0 Å². The molecule has 0 bridgehead atoms. The minimum Gasteiger partial charge on any atom is -0.324 e. The Hall–Kier alpha value is -2.33. The minimum atomic E-state index is -0.342. The van der Waals surface area contributed by atoms with Crippen LogP contribution in [0.2, 0.25) is 0 Å². The summed E-state index contributed by atoms with van der Waals surface area (Å²) in [5.74, 6) is -0.161. The van der Waals surface area contributed by atoms with Crippen LogP contribution in [0, 0.1) is 11.3 Å². The first-order valence-corrected chi connectivity index (χ1v) is 8.88. The number of para-hydroxylation sites is 1. The number of hydrogen-bond acceptors (Lipinski definition) is 5. The number of carbonyl (C=O) groups excluding carboxylic acids is 1. The van der Waals surface area contributed by atoms with Crippen LogP contribution in [0.5, 0.6) is 0 Å². The number of carbonyl (C=O) groups is 1. The maximum absolute atomic E-state index is 12.4. The van der Waals surface area contributed by atoms with E-state index in [0.29, 0.717) is 11.3 Å². The molecule has 0 aliphatic rings. The molecule has 1 atom stereocenters. The average molecular weight is 343 g/mol. The number of rotatable bonds is 8. The van der Waals surface area contributed by atoms with E-state index in [9.17, 15) is 4.79 Å². The van der Waals surface area contributed by atoms with Crippen LogP contribution < -0.4 is 5.32 Å². The van der Waals surface area contributed by atoms with Crippen LogP contribution in [0.1, 0.15) is 38.7 Å². The van der Waals surface area contributed by atoms with Gasteiger partial charge in [-0.3, -0.25) is 4.79 Å². The highest BCUT2D eigenvalue weighted by Gasteiger charge is 2.18. The molecule has 0 unspecified atom stereocenters. The van der Waals surface area contributed by atoms with Crippen molar-refractivity contribution in [2.24, 2.45) is 0 Å². The Bertz CT molecular complexity index is 722. The lowest BCUT2D eigenvalue weighted by molar-refractivity contribution is -0.115. The van der Waals surface area contributed by atoms with Crippen LogP contribution in [-0.2, 0) is 11.3 Å². The molecule has 126 valence electrons. The molecule has 0 spiro atoms. The Balaban J connectivity index is 1.97. The summed E-state index contributed by atoms with van der Waals surface area (Å²) in [6, 6.07) is 9.04. The van der Waals surface area contributed by atoms with Gasteiger partial charge in [-0.05, 0) is 25.5 Å². The van der Waals surface area contributed by atoms with Crippen LogP contribution in [0.4, 0.5) is 5.69 Å². The van der Waals surface area contributed by atoms with Crippen LogP contribution in [0.15, 0.2) is 35.7 Å². The third-order valence-electron chi connectivity index (χ3n) is 3.54. The molecule has 7 heteroatoms. The summed E-state index contributed by atoms with van der Waals surface area (Å²) >= 11 is 1.37. The average Bonchev–Trinajstić information content (AvgIpc) is 3.02. The van der Waals surface area contributed by atoms with Crippen molar-refractivity contribution >= 4 is 23.4 Å².